The second-order valence-corrected chi connectivity index (χ2v) is 4.72. The molecule has 0 aliphatic carbocycles. The SMILES string of the molecule is O=C(O)C(=O)O.c1nnnn1C12CCCN(CC1)C2. The summed E-state index contributed by atoms with van der Waals surface area (Å²) in [6.07, 6.45) is 5.47. The third-order valence-corrected chi connectivity index (χ3v) is 3.55. The normalized spacial score (nSPS) is 28.3. The fourth-order valence-electron chi connectivity index (χ4n) is 2.65. The van der Waals surface area contributed by atoms with Gasteiger partial charge in [-0.2, -0.15) is 0 Å². The van der Waals surface area contributed by atoms with Gasteiger partial charge in [-0.1, -0.05) is 0 Å². The largest absolute Gasteiger partial charge is 0.473 e. The smallest absolute Gasteiger partial charge is 0.414 e. The quantitative estimate of drug-likeness (QED) is 0.624. The fraction of sp³-hybridized carbons (Fsp3) is 0.700. The fourth-order valence-corrected chi connectivity index (χ4v) is 2.65. The first-order valence-electron chi connectivity index (χ1n) is 5.95. The van der Waals surface area contributed by atoms with Crippen molar-refractivity contribution >= 4 is 11.9 Å². The van der Waals surface area contributed by atoms with Crippen LogP contribution in [0.5, 0.6) is 0 Å². The Hall–Kier alpha value is -2.03. The zero-order chi connectivity index (χ0) is 13.9. The number of aromatic nitrogens is 4. The maximum atomic E-state index is 9.10. The van der Waals surface area contributed by atoms with Gasteiger partial charge >= 0.3 is 11.9 Å². The summed E-state index contributed by atoms with van der Waals surface area (Å²) < 4.78 is 1.96. The molecule has 0 spiro atoms. The highest BCUT2D eigenvalue weighted by atomic mass is 16.4. The Morgan fingerprint density at radius 2 is 1.89 bits per heavy atom. The van der Waals surface area contributed by atoms with Crippen molar-refractivity contribution in [1.82, 2.24) is 25.1 Å². The molecule has 2 saturated heterocycles. The summed E-state index contributed by atoms with van der Waals surface area (Å²) >= 11 is 0. The number of carboxylic acids is 2. The van der Waals surface area contributed by atoms with Gasteiger partial charge in [0, 0.05) is 13.1 Å². The van der Waals surface area contributed by atoms with E-state index in [-0.39, 0.29) is 5.54 Å². The third kappa shape index (κ3) is 2.87. The number of tetrazole rings is 1. The monoisotopic (exact) mass is 269 g/mol. The predicted octanol–water partition coefficient (Wildman–Crippen LogP) is -0.976. The number of rotatable bonds is 1. The molecule has 1 aromatic rings. The Bertz CT molecular complexity index is 446. The molecule has 1 aromatic heterocycles. The first-order valence-corrected chi connectivity index (χ1v) is 5.95. The maximum Gasteiger partial charge on any atom is 0.414 e. The molecule has 0 radical (unpaired) electrons. The van der Waals surface area contributed by atoms with E-state index in [0.717, 1.165) is 6.54 Å². The van der Waals surface area contributed by atoms with E-state index >= 15 is 0 Å². The Labute approximate surface area is 108 Å². The lowest BCUT2D eigenvalue weighted by atomic mass is 9.91. The zero-order valence-electron chi connectivity index (χ0n) is 10.3. The van der Waals surface area contributed by atoms with E-state index in [1.54, 1.807) is 6.33 Å². The molecule has 0 aromatic carbocycles. The summed E-state index contributed by atoms with van der Waals surface area (Å²) in [6, 6.07) is 0. The number of carbonyl (C=O) groups is 2. The first kappa shape index (κ1) is 13.4. The van der Waals surface area contributed by atoms with Gasteiger partial charge in [0.05, 0.1) is 5.54 Å². The maximum absolute atomic E-state index is 9.10. The Morgan fingerprint density at radius 1 is 1.16 bits per heavy atom. The highest BCUT2D eigenvalue weighted by Crippen LogP contribution is 2.36. The molecule has 3 heterocycles. The molecule has 3 rings (SSSR count). The molecule has 9 heteroatoms. The topological polar surface area (TPSA) is 121 Å². The molecule has 2 unspecified atom stereocenters. The molecule has 0 saturated carbocycles. The average Bonchev–Trinajstić information content (AvgIpc) is 3.00. The van der Waals surface area contributed by atoms with Crippen molar-refractivity contribution < 1.29 is 19.8 Å². The van der Waals surface area contributed by atoms with Crippen LogP contribution < -0.4 is 0 Å². The number of aliphatic carboxylic acids is 2. The molecule has 9 nitrogen and oxygen atoms in total. The van der Waals surface area contributed by atoms with E-state index in [1.165, 1.54) is 32.4 Å². The van der Waals surface area contributed by atoms with Gasteiger partial charge in [-0.3, -0.25) is 0 Å². The third-order valence-electron chi connectivity index (χ3n) is 3.55. The van der Waals surface area contributed by atoms with Crippen molar-refractivity contribution in [3.05, 3.63) is 6.33 Å². The number of carboxylic acid groups (broad SMARTS) is 2. The van der Waals surface area contributed by atoms with Crippen molar-refractivity contribution in [2.75, 3.05) is 19.6 Å². The van der Waals surface area contributed by atoms with Crippen molar-refractivity contribution in [1.29, 1.82) is 0 Å². The molecular weight excluding hydrogens is 254 g/mol. The number of hydrogen-bond donors (Lipinski definition) is 2. The van der Waals surface area contributed by atoms with Crippen LogP contribution in [0, 0.1) is 0 Å². The second kappa shape index (κ2) is 5.31. The summed E-state index contributed by atoms with van der Waals surface area (Å²) in [6.45, 7) is 3.60. The van der Waals surface area contributed by atoms with Crippen molar-refractivity contribution in [2.45, 2.75) is 24.8 Å². The molecule has 2 fully saturated rings. The summed E-state index contributed by atoms with van der Waals surface area (Å²) in [5.41, 5.74) is 0.224. The van der Waals surface area contributed by atoms with Gasteiger partial charge < -0.3 is 15.1 Å². The zero-order valence-corrected chi connectivity index (χ0v) is 10.3. The molecule has 2 atom stereocenters. The second-order valence-electron chi connectivity index (χ2n) is 4.72. The van der Waals surface area contributed by atoms with E-state index in [9.17, 15) is 0 Å². The van der Waals surface area contributed by atoms with E-state index < -0.39 is 11.9 Å². The summed E-state index contributed by atoms with van der Waals surface area (Å²) in [7, 11) is 0. The highest BCUT2D eigenvalue weighted by Gasteiger charge is 2.43. The lowest BCUT2D eigenvalue weighted by Crippen LogP contribution is -2.41. The minimum atomic E-state index is -1.82. The molecule has 2 bridgehead atoms. The lowest BCUT2D eigenvalue weighted by Gasteiger charge is -2.33. The van der Waals surface area contributed by atoms with Crippen LogP contribution in [0.4, 0.5) is 0 Å². The number of nitrogens with zero attached hydrogens (tertiary/aromatic N) is 5. The van der Waals surface area contributed by atoms with Gasteiger partial charge in [0.15, 0.2) is 0 Å². The molecule has 0 amide bonds. The highest BCUT2D eigenvalue weighted by molar-refractivity contribution is 6.27. The minimum absolute atomic E-state index is 0.224. The summed E-state index contributed by atoms with van der Waals surface area (Å²) in [4.78, 5) is 20.7. The molecule has 2 aliphatic rings. The van der Waals surface area contributed by atoms with Gasteiger partial charge in [-0.25, -0.2) is 14.3 Å². The van der Waals surface area contributed by atoms with Crippen LogP contribution >= 0.6 is 0 Å². The molecule has 2 aliphatic heterocycles. The van der Waals surface area contributed by atoms with Gasteiger partial charge in [0.2, 0.25) is 0 Å². The number of piperidine rings is 1. The average molecular weight is 269 g/mol. The Kier molecular flexibility index (Phi) is 3.74. The minimum Gasteiger partial charge on any atom is -0.473 e. The van der Waals surface area contributed by atoms with E-state index in [0.29, 0.717) is 0 Å². The first-order chi connectivity index (χ1) is 9.03. The van der Waals surface area contributed by atoms with Crippen molar-refractivity contribution in [3.63, 3.8) is 0 Å². The summed E-state index contributed by atoms with van der Waals surface area (Å²) in [5.74, 6) is -3.65. The molecule has 104 valence electrons. The van der Waals surface area contributed by atoms with Crippen LogP contribution in [0.2, 0.25) is 0 Å². The Morgan fingerprint density at radius 3 is 2.47 bits per heavy atom. The van der Waals surface area contributed by atoms with Crippen molar-refractivity contribution in [3.8, 4) is 0 Å². The molecular formula is C10H15N5O4. The van der Waals surface area contributed by atoms with Crippen molar-refractivity contribution in [2.24, 2.45) is 0 Å². The van der Waals surface area contributed by atoms with Gasteiger partial charge in [-0.15, -0.1) is 5.10 Å². The lowest BCUT2D eigenvalue weighted by molar-refractivity contribution is -0.159. The van der Waals surface area contributed by atoms with E-state index in [4.69, 9.17) is 19.8 Å². The van der Waals surface area contributed by atoms with Crippen LogP contribution in [0.15, 0.2) is 6.33 Å². The molecule has 2 N–H and O–H groups in total. The van der Waals surface area contributed by atoms with Gasteiger partial charge in [0.25, 0.3) is 0 Å². The van der Waals surface area contributed by atoms with Crippen LogP contribution in [0.25, 0.3) is 0 Å². The predicted molar refractivity (Wildman–Crippen MR) is 61.4 cm³/mol. The van der Waals surface area contributed by atoms with E-state index in [2.05, 4.69) is 20.4 Å². The van der Waals surface area contributed by atoms with Gasteiger partial charge in [-0.05, 0) is 36.2 Å². The number of fused-ring (bicyclic) bond motifs is 2. The van der Waals surface area contributed by atoms with Gasteiger partial charge in [0.1, 0.15) is 6.33 Å². The van der Waals surface area contributed by atoms with Crippen LogP contribution in [-0.4, -0.2) is 66.9 Å². The number of hydrogen-bond acceptors (Lipinski definition) is 6. The van der Waals surface area contributed by atoms with Crippen LogP contribution in [0.1, 0.15) is 19.3 Å². The Balaban J connectivity index is 0.000000192. The van der Waals surface area contributed by atoms with Crippen LogP contribution in [0.3, 0.4) is 0 Å². The summed E-state index contributed by atoms with van der Waals surface area (Å²) in [5, 5.41) is 26.3. The molecule has 19 heavy (non-hydrogen) atoms. The van der Waals surface area contributed by atoms with E-state index in [1.807, 2.05) is 4.68 Å². The standard InChI is InChI=1S/C8H13N5.C2H2O4/c1-2-8(13-7-9-10-11-13)3-5-12(4-1)6-8;3-1(4)2(5)6/h7H,1-6H2;(H,3,4)(H,5,6). The van der Waals surface area contributed by atoms with Crippen LogP contribution in [-0.2, 0) is 15.1 Å².